The summed E-state index contributed by atoms with van der Waals surface area (Å²) in [5.74, 6) is 0.832. The zero-order chi connectivity index (χ0) is 7.40. The van der Waals surface area contributed by atoms with Crippen molar-refractivity contribution in [1.82, 2.24) is 5.32 Å². The molecule has 1 saturated heterocycles. The summed E-state index contributed by atoms with van der Waals surface area (Å²) in [5, 5.41) is 3.29. The minimum absolute atomic E-state index is 0.243. The number of carbonyl (C=O) groups is 1. The third-order valence-corrected chi connectivity index (χ3v) is 2.29. The zero-order valence-corrected chi connectivity index (χ0v) is 6.47. The molecule has 1 aliphatic rings. The summed E-state index contributed by atoms with van der Waals surface area (Å²) >= 11 is 0. The van der Waals surface area contributed by atoms with Gasteiger partial charge in [-0.25, -0.2) is 0 Å². The highest BCUT2D eigenvalue weighted by molar-refractivity contribution is 5.53. The van der Waals surface area contributed by atoms with E-state index in [0.717, 1.165) is 19.4 Å². The Balaban J connectivity index is 2.30. The molecular weight excluding hydrogens is 126 g/mol. The molecule has 0 saturated carbocycles. The minimum Gasteiger partial charge on any atom is -0.316 e. The highest BCUT2D eigenvalue weighted by Gasteiger charge is 2.18. The van der Waals surface area contributed by atoms with Crippen LogP contribution in [0.15, 0.2) is 0 Å². The summed E-state index contributed by atoms with van der Waals surface area (Å²) < 4.78 is 0. The van der Waals surface area contributed by atoms with Gasteiger partial charge in [-0.2, -0.15) is 0 Å². The fraction of sp³-hybridized carbons (Fsp3) is 0.875. The van der Waals surface area contributed by atoms with Crippen LogP contribution in [0.2, 0.25) is 0 Å². The largest absolute Gasteiger partial charge is 0.316 e. The average Bonchev–Trinajstić information content (AvgIpc) is 2.05. The van der Waals surface area contributed by atoms with Gasteiger partial charge in [-0.1, -0.05) is 6.92 Å². The smallest absolute Gasteiger partial charge is 0.123 e. The predicted octanol–water partition coefficient (Wildman–Crippen LogP) is 0.821. The molecule has 1 aliphatic heterocycles. The van der Waals surface area contributed by atoms with E-state index >= 15 is 0 Å². The number of nitrogens with one attached hydrogen (secondary N) is 1. The zero-order valence-electron chi connectivity index (χ0n) is 6.47. The Bertz CT molecular complexity index is 108. The molecule has 10 heavy (non-hydrogen) atoms. The van der Waals surface area contributed by atoms with Gasteiger partial charge in [0.2, 0.25) is 0 Å². The average molecular weight is 141 g/mol. The lowest BCUT2D eigenvalue weighted by molar-refractivity contribution is -0.112. The molecule has 0 spiro atoms. The van der Waals surface area contributed by atoms with Crippen molar-refractivity contribution in [2.45, 2.75) is 19.8 Å². The van der Waals surface area contributed by atoms with E-state index < -0.39 is 0 Å². The number of hydrogen-bond donors (Lipinski definition) is 1. The van der Waals surface area contributed by atoms with Crippen LogP contribution in [-0.2, 0) is 4.79 Å². The maximum atomic E-state index is 10.4. The molecule has 1 rings (SSSR count). The molecule has 0 bridgehead atoms. The molecule has 2 nitrogen and oxygen atoms in total. The molecule has 0 aliphatic carbocycles. The number of hydrogen-bond acceptors (Lipinski definition) is 2. The fourth-order valence-electron chi connectivity index (χ4n) is 1.44. The molecule has 1 heterocycles. The normalized spacial score (nSPS) is 29.5. The van der Waals surface area contributed by atoms with E-state index in [1.54, 1.807) is 0 Å². The molecular formula is C8H15NO. The van der Waals surface area contributed by atoms with Crippen LogP contribution in [0.4, 0.5) is 0 Å². The molecule has 0 aromatic carbocycles. The number of aldehydes is 1. The van der Waals surface area contributed by atoms with Gasteiger partial charge in [-0.05, 0) is 31.8 Å². The first-order valence-electron chi connectivity index (χ1n) is 4.00. The Morgan fingerprint density at radius 1 is 1.70 bits per heavy atom. The predicted molar refractivity (Wildman–Crippen MR) is 40.8 cm³/mol. The summed E-state index contributed by atoms with van der Waals surface area (Å²) in [6.07, 6.45) is 3.51. The Kier molecular flexibility index (Phi) is 2.87. The third kappa shape index (κ3) is 1.81. The van der Waals surface area contributed by atoms with Crippen molar-refractivity contribution in [3.63, 3.8) is 0 Å². The van der Waals surface area contributed by atoms with Crippen LogP contribution in [0, 0.1) is 11.8 Å². The molecule has 2 heteroatoms. The lowest BCUT2D eigenvalue weighted by atomic mass is 9.89. The lowest BCUT2D eigenvalue weighted by Gasteiger charge is -2.24. The van der Waals surface area contributed by atoms with Crippen molar-refractivity contribution in [2.75, 3.05) is 13.1 Å². The molecule has 2 atom stereocenters. The van der Waals surface area contributed by atoms with Crippen molar-refractivity contribution in [3.05, 3.63) is 0 Å². The summed E-state index contributed by atoms with van der Waals surface area (Å²) in [5.41, 5.74) is 0. The second-order valence-electron chi connectivity index (χ2n) is 3.10. The molecule has 0 radical (unpaired) electrons. The van der Waals surface area contributed by atoms with E-state index in [2.05, 4.69) is 5.32 Å². The first-order chi connectivity index (χ1) is 4.84. The van der Waals surface area contributed by atoms with Crippen LogP contribution in [-0.4, -0.2) is 19.4 Å². The highest BCUT2D eigenvalue weighted by atomic mass is 16.1. The summed E-state index contributed by atoms with van der Waals surface area (Å²) in [6.45, 7) is 4.16. The summed E-state index contributed by atoms with van der Waals surface area (Å²) in [6, 6.07) is 0. The highest BCUT2D eigenvalue weighted by Crippen LogP contribution is 2.17. The lowest BCUT2D eigenvalue weighted by Crippen LogP contribution is -2.33. The van der Waals surface area contributed by atoms with E-state index in [1.807, 2.05) is 6.92 Å². The van der Waals surface area contributed by atoms with Crippen molar-refractivity contribution in [3.8, 4) is 0 Å². The van der Waals surface area contributed by atoms with Gasteiger partial charge in [0.25, 0.3) is 0 Å². The molecule has 0 amide bonds. The molecule has 0 aromatic heterocycles. The van der Waals surface area contributed by atoms with E-state index in [1.165, 1.54) is 12.8 Å². The maximum absolute atomic E-state index is 10.4. The van der Waals surface area contributed by atoms with Crippen LogP contribution in [0.5, 0.6) is 0 Å². The molecule has 1 N–H and O–H groups in total. The quantitative estimate of drug-likeness (QED) is 0.577. The van der Waals surface area contributed by atoms with Gasteiger partial charge in [-0.3, -0.25) is 0 Å². The van der Waals surface area contributed by atoms with Gasteiger partial charge >= 0.3 is 0 Å². The second kappa shape index (κ2) is 3.71. The van der Waals surface area contributed by atoms with Crippen LogP contribution >= 0.6 is 0 Å². The fourth-order valence-corrected chi connectivity index (χ4v) is 1.44. The van der Waals surface area contributed by atoms with Gasteiger partial charge in [0.05, 0.1) is 0 Å². The van der Waals surface area contributed by atoms with Crippen LogP contribution in [0.1, 0.15) is 19.8 Å². The van der Waals surface area contributed by atoms with E-state index in [-0.39, 0.29) is 5.92 Å². The van der Waals surface area contributed by atoms with Crippen LogP contribution < -0.4 is 5.32 Å². The first-order valence-corrected chi connectivity index (χ1v) is 4.00. The van der Waals surface area contributed by atoms with E-state index in [4.69, 9.17) is 0 Å². The first kappa shape index (κ1) is 7.73. The third-order valence-electron chi connectivity index (χ3n) is 2.29. The monoisotopic (exact) mass is 141 g/mol. The van der Waals surface area contributed by atoms with Crippen LogP contribution in [0.3, 0.4) is 0 Å². The van der Waals surface area contributed by atoms with Gasteiger partial charge < -0.3 is 10.1 Å². The van der Waals surface area contributed by atoms with Crippen molar-refractivity contribution in [2.24, 2.45) is 11.8 Å². The van der Waals surface area contributed by atoms with Gasteiger partial charge in [0.1, 0.15) is 6.29 Å². The van der Waals surface area contributed by atoms with E-state index in [9.17, 15) is 4.79 Å². The summed E-state index contributed by atoms with van der Waals surface area (Å²) in [7, 11) is 0. The number of piperidine rings is 1. The van der Waals surface area contributed by atoms with E-state index in [0.29, 0.717) is 5.92 Å². The Morgan fingerprint density at radius 2 is 2.50 bits per heavy atom. The van der Waals surface area contributed by atoms with Crippen molar-refractivity contribution >= 4 is 6.29 Å². The standard InChI is InChI=1S/C8H15NO/c1-7(6-10)8-3-2-4-9-5-8/h6-9H,2-5H2,1H3. The molecule has 0 aromatic rings. The topological polar surface area (TPSA) is 29.1 Å². The van der Waals surface area contributed by atoms with Crippen LogP contribution in [0.25, 0.3) is 0 Å². The van der Waals surface area contributed by atoms with Gasteiger partial charge in [0.15, 0.2) is 0 Å². The van der Waals surface area contributed by atoms with Gasteiger partial charge in [0, 0.05) is 5.92 Å². The van der Waals surface area contributed by atoms with Crippen molar-refractivity contribution in [1.29, 1.82) is 0 Å². The Labute approximate surface area is 62.0 Å². The maximum Gasteiger partial charge on any atom is 0.123 e. The van der Waals surface area contributed by atoms with Gasteiger partial charge in [-0.15, -0.1) is 0 Å². The van der Waals surface area contributed by atoms with Crippen molar-refractivity contribution < 1.29 is 4.79 Å². The minimum atomic E-state index is 0.243. The number of rotatable bonds is 2. The Hall–Kier alpha value is -0.370. The Morgan fingerprint density at radius 3 is 3.00 bits per heavy atom. The summed E-state index contributed by atoms with van der Waals surface area (Å²) in [4.78, 5) is 10.4. The molecule has 2 unspecified atom stereocenters. The molecule has 1 fully saturated rings. The SMILES string of the molecule is CC(C=O)C1CCCNC1. The second-order valence-corrected chi connectivity index (χ2v) is 3.10. The number of carbonyl (C=O) groups excluding carboxylic acids is 1. The molecule has 58 valence electrons.